The van der Waals surface area contributed by atoms with Gasteiger partial charge in [0.15, 0.2) is 11.5 Å². The number of thioether (sulfide) groups is 1. The Morgan fingerprint density at radius 1 is 1.20 bits per heavy atom. The topological polar surface area (TPSA) is 87.5 Å². The molecule has 1 N–H and O–H groups in total. The number of rotatable bonds is 13. The molecule has 9 heteroatoms. The van der Waals surface area contributed by atoms with Gasteiger partial charge in [-0.3, -0.25) is 0 Å². The predicted molar refractivity (Wildman–Crippen MR) is 139 cm³/mol. The largest absolute Gasteiger partial charge is 0.493 e. The molecule has 1 aromatic heterocycles. The minimum Gasteiger partial charge on any atom is -0.493 e. The summed E-state index contributed by atoms with van der Waals surface area (Å²) < 4.78 is 19.0. The lowest BCUT2D eigenvalue weighted by atomic mass is 9.95. The maximum absolute atomic E-state index is 13.2. The molecule has 1 aliphatic rings. The summed E-state index contributed by atoms with van der Waals surface area (Å²) in [5, 5.41) is 8.70. The average Bonchev–Trinajstić information content (AvgIpc) is 3.23. The molecule has 0 saturated heterocycles. The number of aromatic nitrogens is 3. The molecule has 0 fully saturated rings. The highest BCUT2D eigenvalue weighted by atomic mass is 32.2. The number of allylic oxidation sites excluding steroid dienone is 1. The highest BCUT2D eigenvalue weighted by molar-refractivity contribution is 7.99. The third kappa shape index (κ3) is 6.72. The Bertz CT molecular complexity index is 1030. The van der Waals surface area contributed by atoms with Crippen molar-refractivity contribution >= 4 is 23.7 Å². The van der Waals surface area contributed by atoms with Crippen LogP contribution in [0.3, 0.4) is 0 Å². The molecule has 2 aromatic rings. The Kier molecular flexibility index (Phi) is 9.89. The normalized spacial score (nSPS) is 15.1. The maximum Gasteiger partial charge on any atom is 0.338 e. The standard InChI is InChI=1S/C26H38N4O4S/c1-7-9-15-35-26-28-25-27-18(5)22(24(31)34-13-8-2)23(30(25)29-26)19-10-11-20(21(16-19)32-6)33-14-12-17(3)4/h10-11,16-17,23H,7-9,12-15H2,1-6H3,(H,27,28,29). The Morgan fingerprint density at radius 2 is 2.00 bits per heavy atom. The fourth-order valence-corrected chi connectivity index (χ4v) is 4.64. The van der Waals surface area contributed by atoms with Crippen LogP contribution in [0, 0.1) is 5.92 Å². The van der Waals surface area contributed by atoms with Crippen molar-refractivity contribution in [2.24, 2.45) is 5.92 Å². The van der Waals surface area contributed by atoms with E-state index in [1.807, 2.05) is 32.0 Å². The van der Waals surface area contributed by atoms with Crippen molar-refractivity contribution in [2.45, 2.75) is 71.5 Å². The van der Waals surface area contributed by atoms with Crippen LogP contribution in [-0.4, -0.2) is 46.8 Å². The van der Waals surface area contributed by atoms with E-state index in [2.05, 4.69) is 31.1 Å². The van der Waals surface area contributed by atoms with Crippen molar-refractivity contribution in [3.63, 3.8) is 0 Å². The molecule has 35 heavy (non-hydrogen) atoms. The minimum atomic E-state index is -0.498. The molecule has 1 aromatic carbocycles. The molecular weight excluding hydrogens is 464 g/mol. The van der Waals surface area contributed by atoms with E-state index >= 15 is 0 Å². The molecule has 0 radical (unpaired) electrons. The first kappa shape index (κ1) is 26.9. The SMILES string of the molecule is CCCCSc1nc2n(n1)C(c1ccc(OCCC(C)C)c(OC)c1)C(C(=O)OCCC)=C(C)N2. The first-order chi connectivity index (χ1) is 16.9. The third-order valence-corrected chi connectivity index (χ3v) is 6.60. The van der Waals surface area contributed by atoms with Gasteiger partial charge in [0.05, 0.1) is 25.9 Å². The van der Waals surface area contributed by atoms with Crippen LogP contribution in [0.4, 0.5) is 5.95 Å². The number of ether oxygens (including phenoxy) is 3. The van der Waals surface area contributed by atoms with Gasteiger partial charge in [0.1, 0.15) is 6.04 Å². The van der Waals surface area contributed by atoms with Crippen LogP contribution in [0.5, 0.6) is 11.5 Å². The van der Waals surface area contributed by atoms with Gasteiger partial charge in [-0.1, -0.05) is 51.9 Å². The second-order valence-corrected chi connectivity index (χ2v) is 10.1. The van der Waals surface area contributed by atoms with Crippen LogP contribution in [0.1, 0.15) is 71.9 Å². The van der Waals surface area contributed by atoms with Crippen LogP contribution >= 0.6 is 11.8 Å². The number of nitrogens with zero attached hydrogens (tertiary/aromatic N) is 3. The van der Waals surface area contributed by atoms with Gasteiger partial charge in [-0.25, -0.2) is 9.48 Å². The van der Waals surface area contributed by atoms with Gasteiger partial charge in [0.2, 0.25) is 11.1 Å². The Balaban J connectivity index is 2.00. The van der Waals surface area contributed by atoms with Crippen LogP contribution in [0.2, 0.25) is 0 Å². The molecule has 0 aliphatic carbocycles. The lowest BCUT2D eigenvalue weighted by molar-refractivity contribution is -0.139. The number of anilines is 1. The van der Waals surface area contributed by atoms with Crippen LogP contribution in [-0.2, 0) is 9.53 Å². The van der Waals surface area contributed by atoms with Crippen LogP contribution < -0.4 is 14.8 Å². The molecule has 3 rings (SSSR count). The van der Waals surface area contributed by atoms with E-state index in [4.69, 9.17) is 19.3 Å². The molecule has 0 bridgehead atoms. The van der Waals surface area contributed by atoms with E-state index in [9.17, 15) is 4.79 Å². The van der Waals surface area contributed by atoms with Gasteiger partial charge in [0.25, 0.3) is 0 Å². The number of carbonyl (C=O) groups is 1. The van der Waals surface area contributed by atoms with E-state index in [0.29, 0.717) is 53.0 Å². The molecule has 0 saturated carbocycles. The fraction of sp³-hybridized carbons (Fsp3) is 0.577. The minimum absolute atomic E-state index is 0.358. The summed E-state index contributed by atoms with van der Waals surface area (Å²) in [5.41, 5.74) is 2.06. The van der Waals surface area contributed by atoms with Crippen molar-refractivity contribution in [3.8, 4) is 11.5 Å². The number of hydrogen-bond acceptors (Lipinski definition) is 8. The van der Waals surface area contributed by atoms with E-state index in [-0.39, 0.29) is 5.97 Å². The maximum atomic E-state index is 13.2. The third-order valence-electron chi connectivity index (χ3n) is 5.68. The fourth-order valence-electron chi connectivity index (χ4n) is 3.72. The van der Waals surface area contributed by atoms with Crippen molar-refractivity contribution in [1.29, 1.82) is 0 Å². The lowest BCUT2D eigenvalue weighted by Gasteiger charge is -2.28. The predicted octanol–water partition coefficient (Wildman–Crippen LogP) is 5.85. The van der Waals surface area contributed by atoms with Crippen LogP contribution in [0.25, 0.3) is 0 Å². The Hall–Kier alpha value is -2.68. The summed E-state index contributed by atoms with van der Waals surface area (Å²) in [6, 6.07) is 5.27. The van der Waals surface area contributed by atoms with Gasteiger partial charge in [-0.2, -0.15) is 4.98 Å². The lowest BCUT2D eigenvalue weighted by Crippen LogP contribution is -2.29. The van der Waals surface area contributed by atoms with Crippen LogP contribution in [0.15, 0.2) is 34.6 Å². The van der Waals surface area contributed by atoms with E-state index in [1.54, 1.807) is 23.6 Å². The monoisotopic (exact) mass is 502 g/mol. The molecule has 0 amide bonds. The highest BCUT2D eigenvalue weighted by Gasteiger charge is 2.35. The highest BCUT2D eigenvalue weighted by Crippen LogP contribution is 2.40. The molecule has 192 valence electrons. The summed E-state index contributed by atoms with van der Waals surface area (Å²) in [4.78, 5) is 17.8. The smallest absolute Gasteiger partial charge is 0.338 e. The van der Waals surface area contributed by atoms with Crippen molar-refractivity contribution in [3.05, 3.63) is 35.0 Å². The molecule has 8 nitrogen and oxygen atoms in total. The molecule has 0 spiro atoms. The number of benzene rings is 1. The number of nitrogens with one attached hydrogen (secondary N) is 1. The molecule has 2 heterocycles. The second kappa shape index (κ2) is 12.9. The zero-order valence-electron chi connectivity index (χ0n) is 21.7. The summed E-state index contributed by atoms with van der Waals surface area (Å²) >= 11 is 1.62. The van der Waals surface area contributed by atoms with Crippen molar-refractivity contribution < 1.29 is 19.0 Å². The molecule has 1 aliphatic heterocycles. The first-order valence-corrected chi connectivity index (χ1v) is 13.4. The Labute approximate surface area is 212 Å². The second-order valence-electron chi connectivity index (χ2n) is 9.01. The van der Waals surface area contributed by atoms with Gasteiger partial charge >= 0.3 is 5.97 Å². The number of esters is 1. The number of methoxy groups -OCH3 is 1. The Morgan fingerprint density at radius 3 is 2.69 bits per heavy atom. The number of hydrogen-bond donors (Lipinski definition) is 1. The zero-order chi connectivity index (χ0) is 25.4. The average molecular weight is 503 g/mol. The zero-order valence-corrected chi connectivity index (χ0v) is 22.5. The van der Waals surface area contributed by atoms with E-state index in [1.165, 1.54) is 0 Å². The first-order valence-electron chi connectivity index (χ1n) is 12.4. The summed E-state index contributed by atoms with van der Waals surface area (Å²) in [6.07, 6.45) is 3.90. The molecule has 1 unspecified atom stereocenters. The summed E-state index contributed by atoms with van der Waals surface area (Å²) in [5.74, 6) is 3.03. The van der Waals surface area contributed by atoms with Crippen molar-refractivity contribution in [2.75, 3.05) is 31.4 Å². The van der Waals surface area contributed by atoms with Gasteiger partial charge < -0.3 is 19.5 Å². The molecule has 1 atom stereocenters. The molecular formula is C26H38N4O4S. The van der Waals surface area contributed by atoms with Gasteiger partial charge in [-0.05, 0) is 49.8 Å². The van der Waals surface area contributed by atoms with Gasteiger partial charge in [-0.15, -0.1) is 5.10 Å². The number of fused-ring (bicyclic) bond motifs is 1. The van der Waals surface area contributed by atoms with Crippen molar-refractivity contribution in [1.82, 2.24) is 14.8 Å². The number of carbonyl (C=O) groups excluding carboxylic acids is 1. The summed E-state index contributed by atoms with van der Waals surface area (Å²) in [6.45, 7) is 11.3. The van der Waals surface area contributed by atoms with E-state index < -0.39 is 6.04 Å². The summed E-state index contributed by atoms with van der Waals surface area (Å²) in [7, 11) is 1.62. The quantitative estimate of drug-likeness (QED) is 0.207. The van der Waals surface area contributed by atoms with Gasteiger partial charge in [0, 0.05) is 11.4 Å². The van der Waals surface area contributed by atoms with E-state index in [0.717, 1.165) is 37.0 Å². The number of unbranched alkanes of at least 4 members (excludes halogenated alkanes) is 1.